The van der Waals surface area contributed by atoms with Gasteiger partial charge in [0, 0.05) is 28.8 Å². The third-order valence-corrected chi connectivity index (χ3v) is 3.45. The van der Waals surface area contributed by atoms with Gasteiger partial charge in [0.25, 0.3) is 0 Å². The van der Waals surface area contributed by atoms with E-state index in [9.17, 15) is 5.11 Å². The van der Waals surface area contributed by atoms with Crippen molar-refractivity contribution in [1.29, 1.82) is 0 Å². The molecule has 0 aliphatic heterocycles. The monoisotopic (exact) mass is 323 g/mol. The molecule has 19 heavy (non-hydrogen) atoms. The van der Waals surface area contributed by atoms with Crippen LogP contribution in [0.2, 0.25) is 0 Å². The van der Waals surface area contributed by atoms with Gasteiger partial charge in [0.2, 0.25) is 0 Å². The van der Waals surface area contributed by atoms with E-state index in [0.29, 0.717) is 18.3 Å². The van der Waals surface area contributed by atoms with Crippen molar-refractivity contribution in [2.75, 3.05) is 5.32 Å². The number of anilines is 1. The van der Waals surface area contributed by atoms with E-state index in [1.165, 1.54) is 0 Å². The first-order valence-electron chi connectivity index (χ1n) is 6.24. The molecule has 1 heterocycles. The van der Waals surface area contributed by atoms with Crippen LogP contribution in [0.15, 0.2) is 28.9 Å². The van der Waals surface area contributed by atoms with Gasteiger partial charge >= 0.3 is 0 Å². The lowest BCUT2D eigenvalue weighted by molar-refractivity contribution is 0.469. The van der Waals surface area contributed by atoms with Crippen LogP contribution in [0.25, 0.3) is 0 Å². The van der Waals surface area contributed by atoms with Gasteiger partial charge in [-0.05, 0) is 39.0 Å². The van der Waals surface area contributed by atoms with E-state index in [2.05, 4.69) is 40.2 Å². The van der Waals surface area contributed by atoms with Crippen molar-refractivity contribution < 1.29 is 5.11 Å². The second-order valence-electron chi connectivity index (χ2n) is 4.83. The van der Waals surface area contributed by atoms with Crippen molar-refractivity contribution in [3.63, 3.8) is 0 Å². The first-order valence-corrected chi connectivity index (χ1v) is 7.03. The minimum Gasteiger partial charge on any atom is -0.508 e. The predicted molar refractivity (Wildman–Crippen MR) is 80.5 cm³/mol. The highest BCUT2D eigenvalue weighted by atomic mass is 79.9. The van der Waals surface area contributed by atoms with E-state index >= 15 is 0 Å². The maximum atomic E-state index is 9.79. The molecule has 0 radical (unpaired) electrons. The number of aromatic hydroxyl groups is 1. The molecule has 0 spiro atoms. The lowest BCUT2D eigenvalue weighted by Crippen LogP contribution is -2.01. The van der Waals surface area contributed by atoms with E-state index in [-0.39, 0.29) is 0 Å². The van der Waals surface area contributed by atoms with E-state index in [0.717, 1.165) is 21.4 Å². The predicted octanol–water partition coefficient (Wildman–Crippen LogP) is 3.85. The Hall–Kier alpha value is -1.49. The minimum atomic E-state index is 0.296. The van der Waals surface area contributed by atoms with Gasteiger partial charge in [0.05, 0.1) is 11.4 Å². The molecule has 5 heteroatoms. The lowest BCUT2D eigenvalue weighted by atomic mass is 10.2. The van der Waals surface area contributed by atoms with Crippen LogP contribution in [-0.4, -0.2) is 14.9 Å². The van der Waals surface area contributed by atoms with Gasteiger partial charge in [-0.3, -0.25) is 4.68 Å². The van der Waals surface area contributed by atoms with Gasteiger partial charge in [-0.25, -0.2) is 0 Å². The van der Waals surface area contributed by atoms with Crippen LogP contribution in [0.4, 0.5) is 5.69 Å². The number of phenolic OH excluding ortho intramolecular Hbond substituents is 1. The zero-order valence-corrected chi connectivity index (χ0v) is 12.9. The molecular weight excluding hydrogens is 306 g/mol. The third kappa shape index (κ3) is 3.29. The number of phenols is 1. The fraction of sp³-hybridized carbons (Fsp3) is 0.357. The number of rotatable bonds is 4. The van der Waals surface area contributed by atoms with Crippen molar-refractivity contribution in [2.24, 2.45) is 0 Å². The molecule has 0 unspecified atom stereocenters. The van der Waals surface area contributed by atoms with Gasteiger partial charge in [-0.1, -0.05) is 15.9 Å². The van der Waals surface area contributed by atoms with Crippen LogP contribution < -0.4 is 5.32 Å². The standard InChI is InChI=1S/C14H18BrN3O/c1-9(2)18-8-13(10(3)17-18)16-7-11-6-12(15)4-5-14(11)19/h4-6,8-9,16,19H,7H2,1-3H3. The number of nitrogens with one attached hydrogen (secondary N) is 1. The Bertz CT molecular complexity index is 578. The Morgan fingerprint density at radius 1 is 1.42 bits per heavy atom. The SMILES string of the molecule is Cc1nn(C(C)C)cc1NCc1cc(Br)ccc1O. The smallest absolute Gasteiger partial charge is 0.120 e. The lowest BCUT2D eigenvalue weighted by Gasteiger charge is -2.07. The first kappa shape index (κ1) is 13.9. The summed E-state index contributed by atoms with van der Waals surface area (Å²) in [5.74, 6) is 0.296. The summed E-state index contributed by atoms with van der Waals surface area (Å²) in [7, 11) is 0. The Labute approximate surface area is 121 Å². The minimum absolute atomic E-state index is 0.296. The van der Waals surface area contributed by atoms with Crippen molar-refractivity contribution in [3.8, 4) is 5.75 Å². The van der Waals surface area contributed by atoms with E-state index in [1.54, 1.807) is 6.07 Å². The maximum absolute atomic E-state index is 9.79. The van der Waals surface area contributed by atoms with Gasteiger partial charge in [-0.2, -0.15) is 5.10 Å². The molecule has 0 aliphatic rings. The van der Waals surface area contributed by atoms with E-state index in [4.69, 9.17) is 0 Å². The number of benzene rings is 1. The molecular formula is C14H18BrN3O. The molecule has 2 aromatic rings. The number of aromatic nitrogens is 2. The average Bonchev–Trinajstić information content (AvgIpc) is 2.72. The summed E-state index contributed by atoms with van der Waals surface area (Å²) >= 11 is 3.40. The molecule has 102 valence electrons. The van der Waals surface area contributed by atoms with Crippen LogP contribution in [0.5, 0.6) is 5.75 Å². The van der Waals surface area contributed by atoms with Crippen LogP contribution in [-0.2, 0) is 6.54 Å². The molecule has 0 atom stereocenters. The largest absolute Gasteiger partial charge is 0.508 e. The summed E-state index contributed by atoms with van der Waals surface area (Å²) in [5, 5.41) is 17.5. The van der Waals surface area contributed by atoms with Crippen molar-refractivity contribution in [3.05, 3.63) is 40.1 Å². The summed E-state index contributed by atoms with van der Waals surface area (Å²) in [6.45, 7) is 6.73. The molecule has 1 aromatic heterocycles. The zero-order valence-electron chi connectivity index (χ0n) is 11.3. The average molecular weight is 324 g/mol. The topological polar surface area (TPSA) is 50.1 Å². The van der Waals surface area contributed by atoms with Crippen molar-refractivity contribution in [1.82, 2.24) is 9.78 Å². The highest BCUT2D eigenvalue weighted by Crippen LogP contribution is 2.24. The highest BCUT2D eigenvalue weighted by molar-refractivity contribution is 9.10. The number of hydrogen-bond acceptors (Lipinski definition) is 3. The second kappa shape index (κ2) is 5.65. The Kier molecular flexibility index (Phi) is 4.14. The van der Waals surface area contributed by atoms with Crippen molar-refractivity contribution >= 4 is 21.6 Å². The van der Waals surface area contributed by atoms with Crippen LogP contribution in [0.3, 0.4) is 0 Å². The molecule has 2 rings (SSSR count). The molecule has 4 nitrogen and oxygen atoms in total. The maximum Gasteiger partial charge on any atom is 0.120 e. The molecule has 1 aromatic carbocycles. The molecule has 0 fully saturated rings. The number of hydrogen-bond donors (Lipinski definition) is 2. The summed E-state index contributed by atoms with van der Waals surface area (Å²) < 4.78 is 2.88. The summed E-state index contributed by atoms with van der Waals surface area (Å²) in [4.78, 5) is 0. The van der Waals surface area contributed by atoms with Crippen LogP contribution in [0, 0.1) is 6.92 Å². The van der Waals surface area contributed by atoms with Gasteiger partial charge in [-0.15, -0.1) is 0 Å². The van der Waals surface area contributed by atoms with Crippen LogP contribution in [0.1, 0.15) is 31.1 Å². The highest BCUT2D eigenvalue weighted by Gasteiger charge is 2.08. The Morgan fingerprint density at radius 3 is 2.79 bits per heavy atom. The van der Waals surface area contributed by atoms with Gasteiger partial charge < -0.3 is 10.4 Å². The molecule has 0 bridgehead atoms. The third-order valence-electron chi connectivity index (χ3n) is 2.96. The summed E-state index contributed by atoms with van der Waals surface area (Å²) in [6, 6.07) is 5.75. The Balaban J connectivity index is 2.12. The number of nitrogens with zero attached hydrogens (tertiary/aromatic N) is 2. The second-order valence-corrected chi connectivity index (χ2v) is 5.74. The molecule has 2 N–H and O–H groups in total. The fourth-order valence-corrected chi connectivity index (χ4v) is 2.21. The number of aryl methyl sites for hydroxylation is 1. The van der Waals surface area contributed by atoms with Gasteiger partial charge in [0.1, 0.15) is 5.75 Å². The van der Waals surface area contributed by atoms with Crippen LogP contribution >= 0.6 is 15.9 Å². The van der Waals surface area contributed by atoms with E-state index in [1.807, 2.05) is 29.9 Å². The Morgan fingerprint density at radius 2 is 2.16 bits per heavy atom. The van der Waals surface area contributed by atoms with E-state index < -0.39 is 0 Å². The molecule has 0 aliphatic carbocycles. The summed E-state index contributed by atoms with van der Waals surface area (Å²) in [6.07, 6.45) is 2.00. The zero-order chi connectivity index (χ0) is 14.0. The normalized spacial score (nSPS) is 11.0. The van der Waals surface area contributed by atoms with Gasteiger partial charge in [0.15, 0.2) is 0 Å². The first-order chi connectivity index (χ1) is 8.97. The molecule has 0 amide bonds. The quantitative estimate of drug-likeness (QED) is 0.898. The number of halogens is 1. The molecule has 0 saturated carbocycles. The summed E-state index contributed by atoms with van der Waals surface area (Å²) in [5.41, 5.74) is 2.81. The van der Waals surface area contributed by atoms with Crippen molar-refractivity contribution in [2.45, 2.75) is 33.4 Å². The molecule has 0 saturated heterocycles. The fourth-order valence-electron chi connectivity index (χ4n) is 1.81.